The van der Waals surface area contributed by atoms with Gasteiger partial charge in [-0.15, -0.1) is 0 Å². The van der Waals surface area contributed by atoms with Crippen molar-refractivity contribution >= 4 is 57.1 Å². The number of benzodiazepines with no additional fused rings is 1. The predicted octanol–water partition coefficient (Wildman–Crippen LogP) is 6.19. The Morgan fingerprint density at radius 3 is 2.21 bits per heavy atom. The summed E-state index contributed by atoms with van der Waals surface area (Å²) in [5, 5.41) is 1.15. The Labute approximate surface area is 184 Å². The van der Waals surface area contributed by atoms with Gasteiger partial charge in [-0.1, -0.05) is 61.0 Å². The normalized spacial score (nSPS) is 17.7. The van der Waals surface area contributed by atoms with Crippen LogP contribution in [0.5, 0.6) is 0 Å². The van der Waals surface area contributed by atoms with Gasteiger partial charge in [0.25, 0.3) is 5.91 Å². The van der Waals surface area contributed by atoms with Crippen molar-refractivity contribution in [3.8, 4) is 0 Å². The maximum Gasteiger partial charge on any atom is 0.270 e. The van der Waals surface area contributed by atoms with E-state index in [4.69, 9.17) is 32.6 Å². The molecular weight excluding hydrogens is 439 g/mol. The standard InChI is InChI=1S/C21H26Cl2N2O2Si2/c1-28(2,3)25-18-12-11-14(22)13-16(18)19(15-9-7-8-10-17(15)23)24-20(21(25)26)27-29(4,5)6/h7-13,20H,1-6H3. The van der Waals surface area contributed by atoms with Crippen molar-refractivity contribution in [2.75, 3.05) is 4.57 Å². The van der Waals surface area contributed by atoms with E-state index in [0.717, 1.165) is 16.8 Å². The molecule has 1 aliphatic heterocycles. The molecule has 8 heteroatoms. The smallest absolute Gasteiger partial charge is 0.270 e. The number of aliphatic imine (C=N–C) groups is 1. The maximum atomic E-state index is 13.7. The van der Waals surface area contributed by atoms with Crippen LogP contribution in [0.4, 0.5) is 5.69 Å². The first kappa shape index (κ1) is 22.2. The summed E-state index contributed by atoms with van der Waals surface area (Å²) < 4.78 is 8.16. The molecule has 0 fully saturated rings. The van der Waals surface area contributed by atoms with Crippen LogP contribution in [0.2, 0.25) is 49.3 Å². The molecule has 0 N–H and O–H groups in total. The number of fused-ring (bicyclic) bond motifs is 1. The number of carbonyl (C=O) groups is 1. The molecule has 0 saturated carbocycles. The quantitative estimate of drug-likeness (QED) is 0.505. The molecule has 154 valence electrons. The van der Waals surface area contributed by atoms with Gasteiger partial charge in [0.1, 0.15) is 0 Å². The van der Waals surface area contributed by atoms with E-state index in [1.54, 1.807) is 0 Å². The van der Waals surface area contributed by atoms with Crippen LogP contribution in [0.25, 0.3) is 0 Å². The molecule has 3 rings (SSSR count). The first-order chi connectivity index (χ1) is 13.4. The van der Waals surface area contributed by atoms with Crippen molar-refractivity contribution in [1.82, 2.24) is 0 Å². The molecular formula is C21H26Cl2N2O2Si2. The lowest BCUT2D eigenvalue weighted by atomic mass is 10.0. The van der Waals surface area contributed by atoms with E-state index in [2.05, 4.69) is 39.3 Å². The molecule has 1 heterocycles. The van der Waals surface area contributed by atoms with Crippen LogP contribution in [-0.4, -0.2) is 34.4 Å². The summed E-state index contributed by atoms with van der Waals surface area (Å²) in [5.41, 5.74) is 2.99. The van der Waals surface area contributed by atoms with E-state index >= 15 is 0 Å². The lowest BCUT2D eigenvalue weighted by Gasteiger charge is -2.36. The summed E-state index contributed by atoms with van der Waals surface area (Å²) in [6.45, 7) is 12.6. The van der Waals surface area contributed by atoms with Crippen LogP contribution in [0.3, 0.4) is 0 Å². The van der Waals surface area contributed by atoms with Gasteiger partial charge in [0, 0.05) is 26.9 Å². The number of nitrogens with zero attached hydrogens (tertiary/aromatic N) is 2. The minimum Gasteiger partial charge on any atom is -0.389 e. The Morgan fingerprint density at radius 1 is 0.966 bits per heavy atom. The van der Waals surface area contributed by atoms with E-state index in [0.29, 0.717) is 15.8 Å². The molecule has 0 bridgehead atoms. The zero-order valence-corrected chi connectivity index (χ0v) is 21.1. The second kappa shape index (κ2) is 8.00. The molecule has 0 spiro atoms. The highest BCUT2D eigenvalue weighted by Gasteiger charge is 2.41. The van der Waals surface area contributed by atoms with Gasteiger partial charge >= 0.3 is 0 Å². The SMILES string of the molecule is C[Si](C)(C)OC1N=C(c2ccccc2Cl)c2cc(Cl)ccc2N([Si](C)(C)C)C1=O. The third-order valence-electron chi connectivity index (χ3n) is 4.40. The molecule has 0 aliphatic carbocycles. The average molecular weight is 466 g/mol. The van der Waals surface area contributed by atoms with Crippen molar-refractivity contribution in [3.63, 3.8) is 0 Å². The van der Waals surface area contributed by atoms with Crippen molar-refractivity contribution in [2.24, 2.45) is 4.99 Å². The van der Waals surface area contributed by atoms with E-state index in [1.165, 1.54) is 0 Å². The fourth-order valence-corrected chi connectivity index (χ4v) is 6.25. The number of amides is 1. The third kappa shape index (κ3) is 4.83. The van der Waals surface area contributed by atoms with Crippen molar-refractivity contribution in [2.45, 2.75) is 45.5 Å². The van der Waals surface area contributed by atoms with E-state index < -0.39 is 22.8 Å². The molecule has 1 amide bonds. The van der Waals surface area contributed by atoms with Gasteiger partial charge in [-0.25, -0.2) is 4.99 Å². The Morgan fingerprint density at radius 2 is 1.62 bits per heavy atom. The monoisotopic (exact) mass is 464 g/mol. The topological polar surface area (TPSA) is 41.9 Å². The molecule has 2 aromatic carbocycles. The Kier molecular flexibility index (Phi) is 6.14. The van der Waals surface area contributed by atoms with Crippen LogP contribution in [0.1, 0.15) is 11.1 Å². The van der Waals surface area contributed by atoms with Crippen LogP contribution in [-0.2, 0) is 9.22 Å². The number of carbonyl (C=O) groups excluding carboxylic acids is 1. The van der Waals surface area contributed by atoms with Crippen molar-refractivity contribution in [3.05, 3.63) is 63.6 Å². The summed E-state index contributed by atoms with van der Waals surface area (Å²) in [5.74, 6) is -0.128. The van der Waals surface area contributed by atoms with Gasteiger partial charge in [-0.2, -0.15) is 0 Å². The summed E-state index contributed by atoms with van der Waals surface area (Å²) in [7, 11) is -4.17. The van der Waals surface area contributed by atoms with Crippen LogP contribution in [0.15, 0.2) is 47.5 Å². The van der Waals surface area contributed by atoms with Gasteiger partial charge in [-0.05, 0) is 43.9 Å². The average Bonchev–Trinajstić information content (AvgIpc) is 2.69. The van der Waals surface area contributed by atoms with Gasteiger partial charge < -0.3 is 8.99 Å². The Bertz CT molecular complexity index is 981. The minimum atomic E-state index is -2.11. The van der Waals surface area contributed by atoms with Gasteiger partial charge in [0.05, 0.1) is 5.71 Å². The lowest BCUT2D eigenvalue weighted by Crippen LogP contribution is -2.54. The highest BCUT2D eigenvalue weighted by Crippen LogP contribution is 2.36. The molecule has 0 saturated heterocycles. The Balaban J connectivity index is 2.34. The fourth-order valence-electron chi connectivity index (χ4n) is 3.34. The number of rotatable bonds is 4. The van der Waals surface area contributed by atoms with Crippen LogP contribution < -0.4 is 4.57 Å². The number of hydrogen-bond acceptors (Lipinski definition) is 3. The minimum absolute atomic E-state index is 0.128. The molecule has 29 heavy (non-hydrogen) atoms. The largest absolute Gasteiger partial charge is 0.389 e. The number of benzene rings is 2. The van der Waals surface area contributed by atoms with E-state index in [-0.39, 0.29) is 5.91 Å². The fraction of sp³-hybridized carbons (Fsp3) is 0.333. The summed E-state index contributed by atoms with van der Waals surface area (Å²) in [6.07, 6.45) is -0.911. The van der Waals surface area contributed by atoms with Crippen LogP contribution >= 0.6 is 23.2 Å². The molecule has 4 nitrogen and oxygen atoms in total. The van der Waals surface area contributed by atoms with E-state index in [9.17, 15) is 4.79 Å². The van der Waals surface area contributed by atoms with E-state index in [1.807, 2.05) is 47.0 Å². The maximum absolute atomic E-state index is 13.7. The number of halogens is 2. The molecule has 0 aromatic heterocycles. The summed E-state index contributed by atoms with van der Waals surface area (Å²) >= 11 is 12.9. The molecule has 2 aromatic rings. The zero-order chi connectivity index (χ0) is 21.6. The summed E-state index contributed by atoms with van der Waals surface area (Å²) in [6, 6.07) is 13.1. The van der Waals surface area contributed by atoms with Crippen LogP contribution in [0, 0.1) is 0 Å². The molecule has 0 radical (unpaired) electrons. The molecule has 1 unspecified atom stereocenters. The highest BCUT2D eigenvalue weighted by atomic mass is 35.5. The Hall–Kier alpha value is -1.45. The first-order valence-electron chi connectivity index (χ1n) is 9.53. The van der Waals surface area contributed by atoms with Gasteiger partial charge in [0.15, 0.2) is 16.6 Å². The first-order valence-corrected chi connectivity index (χ1v) is 17.1. The van der Waals surface area contributed by atoms with Gasteiger partial charge in [-0.3, -0.25) is 4.79 Å². The molecule has 1 aliphatic rings. The lowest BCUT2D eigenvalue weighted by molar-refractivity contribution is -0.124. The number of anilines is 1. The van der Waals surface area contributed by atoms with Crippen molar-refractivity contribution in [1.29, 1.82) is 0 Å². The number of hydrogen-bond donors (Lipinski definition) is 0. The van der Waals surface area contributed by atoms with Crippen molar-refractivity contribution < 1.29 is 9.22 Å². The molecule has 1 atom stereocenters. The second-order valence-corrected chi connectivity index (χ2v) is 19.1. The highest BCUT2D eigenvalue weighted by molar-refractivity contribution is 6.83. The van der Waals surface area contributed by atoms with Gasteiger partial charge in [0.2, 0.25) is 6.23 Å². The summed E-state index contributed by atoms with van der Waals surface area (Å²) in [4.78, 5) is 18.5. The zero-order valence-electron chi connectivity index (χ0n) is 17.6. The third-order valence-corrected chi connectivity index (χ3v) is 7.70. The second-order valence-electron chi connectivity index (χ2n) is 9.05. The predicted molar refractivity (Wildman–Crippen MR) is 128 cm³/mol.